The van der Waals surface area contributed by atoms with Gasteiger partial charge in [-0.15, -0.1) is 0 Å². The summed E-state index contributed by atoms with van der Waals surface area (Å²) in [5.41, 5.74) is -0.484. The number of carbonyl (C=O) groups is 1. The van der Waals surface area contributed by atoms with E-state index in [1.165, 1.54) is 0 Å². The van der Waals surface area contributed by atoms with Crippen LogP contribution in [0.2, 0.25) is 0 Å². The van der Waals surface area contributed by atoms with Gasteiger partial charge < -0.3 is 25.2 Å². The van der Waals surface area contributed by atoms with Gasteiger partial charge in [0.05, 0.1) is 19.3 Å². The number of nitrogens with zero attached hydrogens (tertiary/aromatic N) is 1. The fourth-order valence-corrected chi connectivity index (χ4v) is 2.85. The van der Waals surface area contributed by atoms with Gasteiger partial charge >= 0.3 is 6.09 Å². The molecular weight excluding hydrogens is 284 g/mol. The van der Waals surface area contributed by atoms with Crippen LogP contribution in [0.3, 0.4) is 0 Å². The quantitative estimate of drug-likeness (QED) is 0.692. The summed E-state index contributed by atoms with van der Waals surface area (Å²) in [5, 5.41) is 21.5. The third kappa shape index (κ3) is 6.50. The maximum Gasteiger partial charge on any atom is 0.410 e. The van der Waals surface area contributed by atoms with E-state index in [1.54, 1.807) is 0 Å². The number of rotatable bonds is 6. The Labute approximate surface area is 133 Å². The van der Waals surface area contributed by atoms with Crippen molar-refractivity contribution in [2.45, 2.75) is 77.1 Å². The summed E-state index contributed by atoms with van der Waals surface area (Å²) in [6.45, 7) is 8.18. The Kier molecular flexibility index (Phi) is 7.59. The zero-order chi connectivity index (χ0) is 16.8. The van der Waals surface area contributed by atoms with Gasteiger partial charge in [0.15, 0.2) is 0 Å². The molecule has 0 radical (unpaired) electrons. The van der Waals surface area contributed by atoms with Gasteiger partial charge in [0.2, 0.25) is 0 Å². The van der Waals surface area contributed by atoms with E-state index < -0.39 is 5.60 Å². The summed E-state index contributed by atoms with van der Waals surface area (Å²) in [4.78, 5) is 14.2. The number of nitrogens with one attached hydrogen (secondary N) is 1. The fraction of sp³-hybridized carbons (Fsp3) is 0.938. The Morgan fingerprint density at radius 2 is 1.95 bits per heavy atom. The van der Waals surface area contributed by atoms with Crippen LogP contribution >= 0.6 is 0 Å². The lowest BCUT2D eigenvalue weighted by Crippen LogP contribution is -2.50. The first-order valence-electron chi connectivity index (χ1n) is 8.24. The van der Waals surface area contributed by atoms with Crippen molar-refractivity contribution >= 4 is 6.09 Å². The largest absolute Gasteiger partial charge is 0.444 e. The van der Waals surface area contributed by atoms with E-state index in [-0.39, 0.29) is 37.4 Å². The topological polar surface area (TPSA) is 82.0 Å². The molecule has 6 nitrogen and oxygen atoms in total. The predicted molar refractivity (Wildman–Crippen MR) is 85.8 cm³/mol. The van der Waals surface area contributed by atoms with Crippen LogP contribution in [0.1, 0.15) is 53.4 Å². The maximum atomic E-state index is 12.3. The molecule has 0 aromatic carbocycles. The van der Waals surface area contributed by atoms with Gasteiger partial charge in [0, 0.05) is 18.6 Å². The average molecular weight is 316 g/mol. The molecule has 1 aliphatic rings. The molecule has 1 amide bonds. The number of hydrogen-bond donors (Lipinski definition) is 3. The highest BCUT2D eigenvalue weighted by Crippen LogP contribution is 2.23. The monoisotopic (exact) mass is 316 g/mol. The van der Waals surface area contributed by atoms with E-state index in [9.17, 15) is 4.79 Å². The van der Waals surface area contributed by atoms with Gasteiger partial charge in [0.1, 0.15) is 5.60 Å². The summed E-state index contributed by atoms with van der Waals surface area (Å²) in [5.74, 6) is 0. The first-order chi connectivity index (χ1) is 10.3. The van der Waals surface area contributed by atoms with Gasteiger partial charge in [-0.3, -0.25) is 0 Å². The molecule has 2 atom stereocenters. The second kappa shape index (κ2) is 8.70. The number of aliphatic hydroxyl groups is 2. The predicted octanol–water partition coefficient (Wildman–Crippen LogP) is 1.50. The third-order valence-electron chi connectivity index (χ3n) is 3.84. The Morgan fingerprint density at radius 1 is 1.32 bits per heavy atom. The summed E-state index contributed by atoms with van der Waals surface area (Å²) < 4.78 is 5.50. The van der Waals surface area contributed by atoms with Crippen LogP contribution in [0.15, 0.2) is 0 Å². The zero-order valence-electron chi connectivity index (χ0n) is 14.3. The molecule has 0 aromatic heterocycles. The molecule has 3 N–H and O–H groups in total. The summed E-state index contributed by atoms with van der Waals surface area (Å²) >= 11 is 0. The van der Waals surface area contributed by atoms with E-state index in [1.807, 2.05) is 32.6 Å². The molecule has 1 saturated heterocycles. The van der Waals surface area contributed by atoms with Crippen molar-refractivity contribution in [3.05, 3.63) is 0 Å². The zero-order valence-corrected chi connectivity index (χ0v) is 14.3. The Morgan fingerprint density at radius 3 is 2.50 bits per heavy atom. The lowest BCUT2D eigenvalue weighted by atomic mass is 9.96. The number of amides is 1. The molecule has 1 heterocycles. The van der Waals surface area contributed by atoms with Gasteiger partial charge in [-0.1, -0.05) is 0 Å². The highest BCUT2D eigenvalue weighted by Gasteiger charge is 2.31. The average Bonchev–Trinajstić information content (AvgIpc) is 2.43. The number of piperidine rings is 1. The van der Waals surface area contributed by atoms with Crippen molar-refractivity contribution in [1.29, 1.82) is 0 Å². The van der Waals surface area contributed by atoms with Crippen molar-refractivity contribution in [2.75, 3.05) is 19.8 Å². The molecule has 1 aliphatic heterocycles. The summed E-state index contributed by atoms with van der Waals surface area (Å²) in [7, 11) is 0. The smallest absolute Gasteiger partial charge is 0.410 e. The molecule has 0 saturated carbocycles. The first-order valence-corrected chi connectivity index (χ1v) is 8.24. The van der Waals surface area contributed by atoms with Crippen molar-refractivity contribution in [3.63, 3.8) is 0 Å². The first kappa shape index (κ1) is 19.2. The normalized spacial score (nSPS) is 21.0. The number of carbonyl (C=O) groups excluding carboxylic acids is 1. The van der Waals surface area contributed by atoms with E-state index in [2.05, 4.69) is 5.32 Å². The molecule has 2 unspecified atom stereocenters. The minimum absolute atomic E-state index is 0.0959. The van der Waals surface area contributed by atoms with Crippen LogP contribution in [-0.2, 0) is 4.74 Å². The lowest BCUT2D eigenvalue weighted by molar-refractivity contribution is 0.00747. The van der Waals surface area contributed by atoms with Crippen LogP contribution in [0, 0.1) is 0 Å². The molecular formula is C16H32N2O4. The van der Waals surface area contributed by atoms with Crippen LogP contribution in [0.4, 0.5) is 4.79 Å². The lowest BCUT2D eigenvalue weighted by Gasteiger charge is -2.38. The van der Waals surface area contributed by atoms with Gasteiger partial charge in [-0.05, 0) is 53.4 Å². The van der Waals surface area contributed by atoms with Crippen molar-refractivity contribution in [2.24, 2.45) is 0 Å². The molecule has 1 fully saturated rings. The van der Waals surface area contributed by atoms with Crippen molar-refractivity contribution < 1.29 is 19.7 Å². The molecule has 0 bridgehead atoms. The number of aliphatic hydroxyl groups excluding tert-OH is 2. The highest BCUT2D eigenvalue weighted by atomic mass is 16.6. The molecule has 130 valence electrons. The van der Waals surface area contributed by atoms with Gasteiger partial charge in [-0.25, -0.2) is 4.79 Å². The van der Waals surface area contributed by atoms with Crippen LogP contribution < -0.4 is 5.32 Å². The van der Waals surface area contributed by atoms with Crippen molar-refractivity contribution in [3.8, 4) is 0 Å². The van der Waals surface area contributed by atoms with Crippen molar-refractivity contribution in [1.82, 2.24) is 10.2 Å². The molecule has 1 rings (SSSR count). The second-order valence-corrected chi connectivity index (χ2v) is 7.19. The molecule has 0 aliphatic carbocycles. The van der Waals surface area contributed by atoms with Gasteiger partial charge in [0.25, 0.3) is 0 Å². The number of likely N-dealkylation sites (tertiary alicyclic amines) is 1. The third-order valence-corrected chi connectivity index (χ3v) is 3.84. The molecule has 0 spiro atoms. The van der Waals surface area contributed by atoms with E-state index in [4.69, 9.17) is 14.9 Å². The van der Waals surface area contributed by atoms with Gasteiger partial charge in [-0.2, -0.15) is 0 Å². The minimum Gasteiger partial charge on any atom is -0.444 e. The SMILES string of the molecule is CC(CC1CCCCN1C(=O)OC(C)(C)C)NC(CO)CO. The number of ether oxygens (including phenoxy) is 1. The van der Waals surface area contributed by atoms with Crippen LogP contribution in [0.5, 0.6) is 0 Å². The standard InChI is InChI=1S/C16H32N2O4/c1-12(17-13(10-19)11-20)9-14-7-5-6-8-18(14)15(21)22-16(2,3)4/h12-14,17,19-20H,5-11H2,1-4H3. The van der Waals surface area contributed by atoms with E-state index in [0.717, 1.165) is 32.2 Å². The molecule has 0 aromatic rings. The van der Waals surface area contributed by atoms with Crippen LogP contribution in [-0.4, -0.2) is 64.7 Å². The van der Waals surface area contributed by atoms with E-state index >= 15 is 0 Å². The molecule has 6 heteroatoms. The summed E-state index contributed by atoms with van der Waals surface area (Å²) in [6.07, 6.45) is 3.63. The minimum atomic E-state index is -0.484. The summed E-state index contributed by atoms with van der Waals surface area (Å²) in [6, 6.07) is -0.0601. The Bertz CT molecular complexity index is 340. The second-order valence-electron chi connectivity index (χ2n) is 7.19. The number of hydrogen-bond acceptors (Lipinski definition) is 5. The Hall–Kier alpha value is -0.850. The fourth-order valence-electron chi connectivity index (χ4n) is 2.85. The highest BCUT2D eigenvalue weighted by molar-refractivity contribution is 5.68. The van der Waals surface area contributed by atoms with Crippen LogP contribution in [0.25, 0.3) is 0 Å². The molecule has 22 heavy (non-hydrogen) atoms. The maximum absolute atomic E-state index is 12.3. The van der Waals surface area contributed by atoms with E-state index in [0.29, 0.717) is 0 Å². The Balaban J connectivity index is 2.59.